The smallest absolute Gasteiger partial charge is 0.306 e. The van der Waals surface area contributed by atoms with Crippen LogP contribution in [0.4, 0.5) is 8.78 Å². The molecule has 0 aromatic rings. The molecule has 3 saturated carbocycles. The summed E-state index contributed by atoms with van der Waals surface area (Å²) in [6.45, 7) is 8.41. The summed E-state index contributed by atoms with van der Waals surface area (Å²) in [5.41, 5.74) is -6.72. The number of hydrogen-bond acceptors (Lipinski definition) is 8. The van der Waals surface area contributed by atoms with Gasteiger partial charge in [-0.2, -0.15) is 0 Å². The molecule has 0 amide bonds. The molecule has 0 heterocycles. The molecule has 10 heteroatoms. The van der Waals surface area contributed by atoms with Crippen molar-refractivity contribution in [2.45, 2.75) is 96.7 Å². The highest BCUT2D eigenvalue weighted by molar-refractivity contribution is 8.14. The lowest BCUT2D eigenvalue weighted by atomic mass is 9.44. The van der Waals surface area contributed by atoms with E-state index in [1.807, 2.05) is 6.92 Å². The predicted molar refractivity (Wildman–Crippen MR) is 153 cm³/mol. The first-order valence-electron chi connectivity index (χ1n) is 14.7. The van der Waals surface area contributed by atoms with Gasteiger partial charge in [-0.15, -0.1) is 0 Å². The van der Waals surface area contributed by atoms with Crippen LogP contribution in [0.1, 0.15) is 73.1 Å². The fourth-order valence-electron chi connectivity index (χ4n) is 8.17. The molecular weight excluding hydrogens is 566 g/mol. The maximum absolute atomic E-state index is 17.5. The van der Waals surface area contributed by atoms with E-state index in [-0.39, 0.29) is 49.6 Å². The molecule has 0 radical (unpaired) electrons. The minimum atomic E-state index is -2.30. The number of halogens is 2. The third-order valence-electron chi connectivity index (χ3n) is 10.2. The van der Waals surface area contributed by atoms with E-state index < -0.39 is 69.0 Å². The van der Waals surface area contributed by atoms with E-state index in [1.165, 1.54) is 19.1 Å². The second kappa shape index (κ2) is 11.9. The van der Waals surface area contributed by atoms with E-state index in [0.29, 0.717) is 12.8 Å². The Balaban J connectivity index is 1.67. The third-order valence-corrected chi connectivity index (χ3v) is 11.0. The monoisotopic (exact) mass is 606 g/mol. The zero-order valence-corrected chi connectivity index (χ0v) is 25.7. The second-order valence-electron chi connectivity index (χ2n) is 12.4. The molecule has 3 fully saturated rings. The van der Waals surface area contributed by atoms with Gasteiger partial charge >= 0.3 is 11.9 Å². The van der Waals surface area contributed by atoms with Crippen LogP contribution in [0.5, 0.6) is 0 Å². The van der Waals surface area contributed by atoms with Gasteiger partial charge in [-0.3, -0.25) is 19.2 Å². The summed E-state index contributed by atoms with van der Waals surface area (Å²) < 4.78 is 44.3. The molecule has 0 spiro atoms. The normalized spacial score (nSPS) is 40.0. The lowest BCUT2D eigenvalue weighted by molar-refractivity contribution is -0.228. The Labute approximate surface area is 250 Å². The van der Waals surface area contributed by atoms with Gasteiger partial charge in [-0.05, 0) is 56.3 Å². The molecule has 0 aromatic carbocycles. The van der Waals surface area contributed by atoms with Gasteiger partial charge < -0.3 is 14.6 Å². The zero-order valence-electron chi connectivity index (χ0n) is 24.8. The van der Waals surface area contributed by atoms with Crippen LogP contribution in [0.3, 0.4) is 0 Å². The summed E-state index contributed by atoms with van der Waals surface area (Å²) in [5, 5.41) is 11.2. The standard InChI is InChI=1S/C32H40F2O7S/c1-6-10-27(38)40-13-8-9-14-42-28(39)32(41-26(37)7-2)19(3)15-21-22-17-24(33)23-16-20(35)11-12-29(23,4)31(22,34)25(36)18-30(21,32)5/h11-12,16,19,21-22,24-25,36H,6-7,10,13-15,17-18H2,1-5H3/t19-,21+,22+,24+,25+,29+,30+,31+,32+/m1/s1. The molecule has 4 aliphatic carbocycles. The number of rotatable bonds is 7. The summed E-state index contributed by atoms with van der Waals surface area (Å²) in [7, 11) is 0. The molecule has 1 N–H and O–H groups in total. The van der Waals surface area contributed by atoms with Crippen LogP contribution in [-0.2, 0) is 28.7 Å². The minimum absolute atomic E-state index is 0.00668. The molecule has 4 rings (SSSR count). The quantitative estimate of drug-likeness (QED) is 0.324. The molecule has 0 unspecified atom stereocenters. The van der Waals surface area contributed by atoms with Crippen molar-refractivity contribution in [1.82, 2.24) is 0 Å². The number of ketones is 1. The van der Waals surface area contributed by atoms with Crippen molar-refractivity contribution < 1.29 is 42.5 Å². The molecule has 0 aromatic heterocycles. The SMILES string of the molecule is CCCC(=O)OCC#CCSC(=O)[C@@]1(OC(=O)CC)[C@H](C)C[C@H]2[C@@H]3C[C@H](F)C4=CC(=O)C=C[C@]4(C)[C@@]3(F)[C@@H](O)C[C@@]21C. The first-order chi connectivity index (χ1) is 19.7. The number of allylic oxidation sites excluding steroid dienone is 4. The van der Waals surface area contributed by atoms with Gasteiger partial charge in [0, 0.05) is 35.5 Å². The number of alkyl halides is 2. The first-order valence-corrected chi connectivity index (χ1v) is 15.7. The van der Waals surface area contributed by atoms with E-state index in [9.17, 15) is 24.3 Å². The Hall–Kier alpha value is -2.51. The van der Waals surface area contributed by atoms with Gasteiger partial charge in [0.15, 0.2) is 23.7 Å². The first kappa shape index (κ1) is 32.4. The number of ether oxygens (including phenoxy) is 2. The van der Waals surface area contributed by atoms with Crippen molar-refractivity contribution in [2.75, 3.05) is 12.4 Å². The molecule has 0 saturated heterocycles. The van der Waals surface area contributed by atoms with Crippen LogP contribution in [0.15, 0.2) is 23.8 Å². The largest absolute Gasteiger partial charge is 0.452 e. The number of carbonyl (C=O) groups excluding carboxylic acids is 4. The minimum Gasteiger partial charge on any atom is -0.452 e. The zero-order chi connectivity index (χ0) is 31.1. The number of aliphatic hydroxyl groups is 1. The van der Waals surface area contributed by atoms with E-state index >= 15 is 8.78 Å². The molecular formula is C32H40F2O7S. The van der Waals surface area contributed by atoms with Gasteiger partial charge in [-0.1, -0.05) is 57.4 Å². The van der Waals surface area contributed by atoms with Gasteiger partial charge in [-0.25, -0.2) is 8.78 Å². The number of fused-ring (bicyclic) bond motifs is 5. The van der Waals surface area contributed by atoms with Gasteiger partial charge in [0.1, 0.15) is 6.17 Å². The summed E-state index contributed by atoms with van der Waals surface area (Å²) in [6.07, 6.45) is 1.28. The van der Waals surface area contributed by atoms with E-state index in [2.05, 4.69) is 11.8 Å². The van der Waals surface area contributed by atoms with E-state index in [1.54, 1.807) is 20.8 Å². The molecule has 7 nitrogen and oxygen atoms in total. The van der Waals surface area contributed by atoms with Crippen LogP contribution in [0.25, 0.3) is 0 Å². The van der Waals surface area contributed by atoms with E-state index in [0.717, 1.165) is 17.8 Å². The fraction of sp³-hybridized carbons (Fsp3) is 0.688. The summed E-state index contributed by atoms with van der Waals surface area (Å²) in [6, 6.07) is 0. The van der Waals surface area contributed by atoms with Crippen LogP contribution < -0.4 is 0 Å². The van der Waals surface area contributed by atoms with Crippen LogP contribution in [0, 0.1) is 40.4 Å². The second-order valence-corrected chi connectivity index (χ2v) is 13.3. The van der Waals surface area contributed by atoms with Crippen LogP contribution in [0.2, 0.25) is 0 Å². The summed E-state index contributed by atoms with van der Waals surface area (Å²) in [4.78, 5) is 50.5. The Morgan fingerprint density at radius 2 is 1.86 bits per heavy atom. The lowest BCUT2D eigenvalue weighted by Gasteiger charge is -2.63. The van der Waals surface area contributed by atoms with Crippen molar-refractivity contribution in [1.29, 1.82) is 0 Å². The molecule has 230 valence electrons. The van der Waals surface area contributed by atoms with Crippen LogP contribution >= 0.6 is 11.8 Å². The maximum atomic E-state index is 17.5. The van der Waals surface area contributed by atoms with E-state index in [4.69, 9.17) is 9.47 Å². The molecule has 9 atom stereocenters. The highest BCUT2D eigenvalue weighted by Gasteiger charge is 2.78. The van der Waals surface area contributed by atoms with Gasteiger partial charge in [0.05, 0.1) is 11.9 Å². The average Bonchev–Trinajstić information content (AvgIpc) is 3.15. The summed E-state index contributed by atoms with van der Waals surface area (Å²) >= 11 is 0.863. The number of carbonyl (C=O) groups is 4. The molecule has 42 heavy (non-hydrogen) atoms. The van der Waals surface area contributed by atoms with Crippen molar-refractivity contribution >= 4 is 34.6 Å². The molecule has 0 aliphatic heterocycles. The van der Waals surface area contributed by atoms with Crippen molar-refractivity contribution in [3.05, 3.63) is 23.8 Å². The maximum Gasteiger partial charge on any atom is 0.306 e. The highest BCUT2D eigenvalue weighted by atomic mass is 32.2. The predicted octanol–water partition coefficient (Wildman–Crippen LogP) is 4.85. The lowest BCUT2D eigenvalue weighted by Crippen LogP contribution is -2.70. The Kier molecular flexibility index (Phi) is 9.16. The Morgan fingerprint density at radius 3 is 2.52 bits per heavy atom. The number of aliphatic hydroxyl groups excluding tert-OH is 1. The van der Waals surface area contributed by atoms with Crippen molar-refractivity contribution in [3.8, 4) is 11.8 Å². The third kappa shape index (κ3) is 4.85. The Bertz CT molecular complexity index is 1270. The Morgan fingerprint density at radius 1 is 1.14 bits per heavy atom. The van der Waals surface area contributed by atoms with Crippen molar-refractivity contribution in [2.24, 2.45) is 28.6 Å². The van der Waals surface area contributed by atoms with Gasteiger partial charge in [0.25, 0.3) is 0 Å². The molecule has 4 aliphatic rings. The van der Waals surface area contributed by atoms with Crippen molar-refractivity contribution in [3.63, 3.8) is 0 Å². The number of thioether (sulfide) groups is 1. The topological polar surface area (TPSA) is 107 Å². The number of esters is 2. The fourth-order valence-corrected chi connectivity index (χ4v) is 9.17. The average molecular weight is 607 g/mol. The summed E-state index contributed by atoms with van der Waals surface area (Å²) in [5.74, 6) is 2.03. The molecule has 0 bridgehead atoms. The van der Waals surface area contributed by atoms with Gasteiger partial charge in [0.2, 0.25) is 5.12 Å². The highest BCUT2D eigenvalue weighted by Crippen LogP contribution is 2.72. The van der Waals surface area contributed by atoms with Crippen LogP contribution in [-0.4, -0.2) is 63.8 Å². The number of hydrogen-bond donors (Lipinski definition) is 1.